The summed E-state index contributed by atoms with van der Waals surface area (Å²) in [6.07, 6.45) is 0.331. The molecule has 1 aromatic rings. The van der Waals surface area contributed by atoms with Gasteiger partial charge >= 0.3 is 0 Å². The van der Waals surface area contributed by atoms with Gasteiger partial charge in [0.15, 0.2) is 0 Å². The Kier molecular flexibility index (Phi) is 3.22. The molecule has 0 saturated heterocycles. The Labute approximate surface area is 104 Å². The summed E-state index contributed by atoms with van der Waals surface area (Å²) in [5.41, 5.74) is 4.98. The minimum Gasteiger partial charge on any atom is -0.352 e. The van der Waals surface area contributed by atoms with Crippen molar-refractivity contribution >= 4 is 17.3 Å². The first kappa shape index (κ1) is 11.6. The predicted octanol–water partition coefficient (Wildman–Crippen LogP) is 0.674. The first-order chi connectivity index (χ1) is 8.74. The summed E-state index contributed by atoms with van der Waals surface area (Å²) in [4.78, 5) is 11.3. The minimum atomic E-state index is -0.243. The molecule has 1 amide bonds. The van der Waals surface area contributed by atoms with Crippen molar-refractivity contribution in [3.8, 4) is 12.1 Å². The van der Waals surface area contributed by atoms with Gasteiger partial charge in [-0.1, -0.05) is 12.1 Å². The quantitative estimate of drug-likeness (QED) is 0.585. The van der Waals surface area contributed by atoms with Crippen LogP contribution in [0.25, 0.3) is 0 Å². The maximum absolute atomic E-state index is 11.3. The van der Waals surface area contributed by atoms with Crippen molar-refractivity contribution in [3.63, 3.8) is 0 Å². The highest BCUT2D eigenvalue weighted by Gasteiger charge is 2.17. The maximum atomic E-state index is 11.3. The molecule has 0 unspecified atom stereocenters. The number of nitrogens with zero attached hydrogens (tertiary/aromatic N) is 3. The molecular formula is C12H9N5O. The number of rotatable bonds is 2. The zero-order valence-electron chi connectivity index (χ0n) is 9.40. The first-order valence-electron chi connectivity index (χ1n) is 5.26. The van der Waals surface area contributed by atoms with Gasteiger partial charge in [-0.2, -0.15) is 15.6 Å². The molecular weight excluding hydrogens is 230 g/mol. The van der Waals surface area contributed by atoms with Crippen LogP contribution >= 0.6 is 0 Å². The van der Waals surface area contributed by atoms with Crippen LogP contribution in [0.5, 0.6) is 0 Å². The normalized spacial score (nSPS) is 12.4. The number of hydrazone groups is 1. The number of hydrogen-bond acceptors (Lipinski definition) is 5. The third-order valence-corrected chi connectivity index (χ3v) is 2.59. The molecule has 6 nitrogen and oxygen atoms in total. The highest BCUT2D eigenvalue weighted by atomic mass is 16.1. The fourth-order valence-corrected chi connectivity index (χ4v) is 1.73. The van der Waals surface area contributed by atoms with Gasteiger partial charge in [0.1, 0.15) is 12.1 Å². The number of benzene rings is 1. The van der Waals surface area contributed by atoms with Gasteiger partial charge in [-0.25, -0.2) is 0 Å². The monoisotopic (exact) mass is 239 g/mol. The molecule has 0 spiro atoms. The number of fused-ring (bicyclic) bond motifs is 1. The Morgan fingerprint density at radius 3 is 2.89 bits per heavy atom. The van der Waals surface area contributed by atoms with Crippen molar-refractivity contribution in [3.05, 3.63) is 29.3 Å². The van der Waals surface area contributed by atoms with Gasteiger partial charge in [-0.05, 0) is 17.2 Å². The zero-order chi connectivity index (χ0) is 13.0. The van der Waals surface area contributed by atoms with Crippen LogP contribution in [0.4, 0.5) is 5.69 Å². The molecule has 0 aliphatic carbocycles. The number of hydrogen-bond donors (Lipinski definition) is 2. The summed E-state index contributed by atoms with van der Waals surface area (Å²) < 4.78 is 0. The number of carbonyl (C=O) groups is 1. The van der Waals surface area contributed by atoms with Gasteiger partial charge in [0, 0.05) is 6.54 Å². The Morgan fingerprint density at radius 2 is 2.17 bits per heavy atom. The van der Waals surface area contributed by atoms with Crippen molar-refractivity contribution in [2.24, 2.45) is 5.10 Å². The van der Waals surface area contributed by atoms with Crippen LogP contribution in [0, 0.1) is 22.7 Å². The molecule has 18 heavy (non-hydrogen) atoms. The van der Waals surface area contributed by atoms with Crippen molar-refractivity contribution in [2.75, 3.05) is 5.43 Å². The third kappa shape index (κ3) is 2.28. The van der Waals surface area contributed by atoms with Crippen molar-refractivity contribution in [1.29, 1.82) is 10.5 Å². The van der Waals surface area contributed by atoms with Crippen LogP contribution in [0.15, 0.2) is 23.3 Å². The standard InChI is InChI=1S/C12H9N5O/c13-5-9(6-14)16-17-11-3-1-2-8-4-12(18)15-7-10(8)11/h1-3,17H,4,7H2,(H,15,18). The van der Waals surface area contributed by atoms with Crippen molar-refractivity contribution in [2.45, 2.75) is 13.0 Å². The van der Waals surface area contributed by atoms with Crippen LogP contribution < -0.4 is 10.7 Å². The van der Waals surface area contributed by atoms with Gasteiger partial charge in [0.25, 0.3) is 0 Å². The summed E-state index contributed by atoms with van der Waals surface area (Å²) in [6.45, 7) is 0.418. The van der Waals surface area contributed by atoms with E-state index in [1.807, 2.05) is 6.07 Å². The molecule has 0 bridgehead atoms. The number of amides is 1. The summed E-state index contributed by atoms with van der Waals surface area (Å²) in [5.74, 6) is -0.0158. The highest BCUT2D eigenvalue weighted by molar-refractivity contribution is 6.10. The van der Waals surface area contributed by atoms with Crippen molar-refractivity contribution in [1.82, 2.24) is 5.32 Å². The molecule has 88 valence electrons. The molecule has 2 N–H and O–H groups in total. The maximum Gasteiger partial charge on any atom is 0.237 e. The summed E-state index contributed by atoms with van der Waals surface area (Å²) >= 11 is 0. The fraction of sp³-hybridized carbons (Fsp3) is 0.167. The Balaban J connectivity index is 2.29. The van der Waals surface area contributed by atoms with Gasteiger partial charge in [0.05, 0.1) is 12.1 Å². The molecule has 1 heterocycles. The molecule has 1 aromatic carbocycles. The second kappa shape index (κ2) is 4.98. The molecule has 1 aliphatic heterocycles. The average Bonchev–Trinajstić information content (AvgIpc) is 2.39. The Morgan fingerprint density at radius 1 is 1.39 bits per heavy atom. The predicted molar refractivity (Wildman–Crippen MR) is 64.3 cm³/mol. The van der Waals surface area contributed by atoms with Crippen LogP contribution in [-0.4, -0.2) is 11.6 Å². The lowest BCUT2D eigenvalue weighted by atomic mass is 9.99. The SMILES string of the molecule is N#CC(C#N)=NNc1cccc2c1CNC(=O)C2. The molecule has 2 rings (SSSR count). The molecule has 6 heteroatoms. The minimum absolute atomic E-state index is 0.0158. The fourth-order valence-electron chi connectivity index (χ4n) is 1.73. The van der Waals surface area contributed by atoms with Gasteiger partial charge < -0.3 is 5.32 Å². The average molecular weight is 239 g/mol. The van der Waals surface area contributed by atoms with E-state index < -0.39 is 0 Å². The Bertz CT molecular complexity index is 590. The van der Waals surface area contributed by atoms with Crippen LogP contribution in [0.1, 0.15) is 11.1 Å². The Hall–Kier alpha value is -2.86. The molecule has 0 saturated carbocycles. The van der Waals surface area contributed by atoms with Gasteiger partial charge in [-0.15, -0.1) is 0 Å². The van der Waals surface area contributed by atoms with Crippen LogP contribution in [-0.2, 0) is 17.8 Å². The molecule has 0 fully saturated rings. The van der Waals surface area contributed by atoms with E-state index in [1.165, 1.54) is 0 Å². The number of anilines is 1. The van der Waals surface area contributed by atoms with E-state index in [2.05, 4.69) is 15.8 Å². The van der Waals surface area contributed by atoms with E-state index in [1.54, 1.807) is 24.3 Å². The lowest BCUT2D eigenvalue weighted by Crippen LogP contribution is -2.30. The van der Waals surface area contributed by atoms with Gasteiger partial charge in [0.2, 0.25) is 11.6 Å². The summed E-state index contributed by atoms with van der Waals surface area (Å²) in [6, 6.07) is 8.79. The van der Waals surface area contributed by atoms with E-state index in [9.17, 15) is 4.79 Å². The third-order valence-electron chi connectivity index (χ3n) is 2.59. The van der Waals surface area contributed by atoms with Crippen LogP contribution in [0.2, 0.25) is 0 Å². The van der Waals surface area contributed by atoms with E-state index in [0.717, 1.165) is 11.1 Å². The zero-order valence-corrected chi connectivity index (χ0v) is 9.40. The van der Waals surface area contributed by atoms with E-state index in [0.29, 0.717) is 18.7 Å². The summed E-state index contributed by atoms with van der Waals surface area (Å²) in [5, 5.41) is 23.6. The van der Waals surface area contributed by atoms with E-state index in [4.69, 9.17) is 10.5 Å². The number of carbonyl (C=O) groups excluding carboxylic acids is 1. The van der Waals surface area contributed by atoms with E-state index in [-0.39, 0.29) is 11.6 Å². The largest absolute Gasteiger partial charge is 0.352 e. The smallest absolute Gasteiger partial charge is 0.237 e. The molecule has 0 atom stereocenters. The first-order valence-corrected chi connectivity index (χ1v) is 5.26. The number of nitriles is 2. The molecule has 0 aromatic heterocycles. The van der Waals surface area contributed by atoms with Crippen molar-refractivity contribution < 1.29 is 4.79 Å². The molecule has 1 aliphatic rings. The highest BCUT2D eigenvalue weighted by Crippen LogP contribution is 2.23. The topological polar surface area (TPSA) is 101 Å². The van der Waals surface area contributed by atoms with Crippen LogP contribution in [0.3, 0.4) is 0 Å². The molecule has 0 radical (unpaired) electrons. The van der Waals surface area contributed by atoms with E-state index >= 15 is 0 Å². The number of nitrogens with one attached hydrogen (secondary N) is 2. The summed E-state index contributed by atoms with van der Waals surface area (Å²) in [7, 11) is 0. The second-order valence-electron chi connectivity index (χ2n) is 3.69. The second-order valence-corrected chi connectivity index (χ2v) is 3.69. The lowest BCUT2D eigenvalue weighted by molar-refractivity contribution is -0.121. The lowest BCUT2D eigenvalue weighted by Gasteiger charge is -2.19. The van der Waals surface area contributed by atoms with Gasteiger partial charge in [-0.3, -0.25) is 10.2 Å².